The van der Waals surface area contributed by atoms with Gasteiger partial charge < -0.3 is 16.4 Å². The first-order chi connectivity index (χ1) is 7.73. The van der Waals surface area contributed by atoms with Crippen LogP contribution in [0.5, 0.6) is 0 Å². The second-order valence-corrected chi connectivity index (χ2v) is 5.22. The summed E-state index contributed by atoms with van der Waals surface area (Å²) in [6.07, 6.45) is 3.54. The van der Waals surface area contributed by atoms with E-state index in [1.54, 1.807) is 17.9 Å². The van der Waals surface area contributed by atoms with E-state index < -0.39 is 0 Å². The fraction of sp³-hybridized carbons (Fsp3) is 0.615. The van der Waals surface area contributed by atoms with E-state index in [-0.39, 0.29) is 5.41 Å². The minimum atomic E-state index is -0.157. The van der Waals surface area contributed by atoms with Crippen molar-refractivity contribution in [2.45, 2.75) is 41.0 Å². The summed E-state index contributed by atoms with van der Waals surface area (Å²) in [5, 5.41) is 0. The summed E-state index contributed by atoms with van der Waals surface area (Å²) in [4.78, 5) is 12.8. The molecule has 0 rings (SSSR count). The van der Waals surface area contributed by atoms with Crippen LogP contribution in [0.15, 0.2) is 23.2 Å². The molecule has 0 aromatic rings. The molecule has 0 aliphatic heterocycles. The van der Waals surface area contributed by atoms with Crippen molar-refractivity contribution in [3.63, 3.8) is 0 Å². The van der Waals surface area contributed by atoms with Crippen molar-refractivity contribution in [2.75, 3.05) is 6.54 Å². The molecule has 0 unspecified atom stereocenters. The molecule has 0 aromatic heterocycles. The molecule has 0 spiro atoms. The van der Waals surface area contributed by atoms with Crippen LogP contribution in [0.3, 0.4) is 0 Å². The van der Waals surface area contributed by atoms with E-state index in [1.165, 1.54) is 0 Å². The van der Waals surface area contributed by atoms with Crippen LogP contribution in [-0.4, -0.2) is 17.9 Å². The second kappa shape index (κ2) is 6.33. The maximum Gasteiger partial charge on any atom is 0.213 e. The number of nitrogens with two attached hydrogens (primary N) is 2. The Morgan fingerprint density at radius 3 is 2.12 bits per heavy atom. The predicted octanol–water partition coefficient (Wildman–Crippen LogP) is 1.93. The first-order valence-corrected chi connectivity index (χ1v) is 5.90. The SMILES string of the molecule is CCCN(C=O)/C(=C\C(N)=C(/C)N)C(C)(C)C. The van der Waals surface area contributed by atoms with Crippen molar-refractivity contribution in [1.82, 2.24) is 4.90 Å². The molecule has 0 aromatic carbocycles. The Morgan fingerprint density at radius 1 is 1.29 bits per heavy atom. The van der Waals surface area contributed by atoms with Crippen LogP contribution in [0, 0.1) is 5.41 Å². The summed E-state index contributed by atoms with van der Waals surface area (Å²) >= 11 is 0. The topological polar surface area (TPSA) is 72.3 Å². The van der Waals surface area contributed by atoms with Gasteiger partial charge >= 0.3 is 0 Å². The van der Waals surface area contributed by atoms with Crippen molar-refractivity contribution in [3.8, 4) is 0 Å². The molecule has 0 aliphatic carbocycles. The molecule has 0 saturated carbocycles. The number of carbonyl (C=O) groups is 1. The lowest BCUT2D eigenvalue weighted by Crippen LogP contribution is -2.30. The number of rotatable bonds is 5. The van der Waals surface area contributed by atoms with Crippen molar-refractivity contribution < 1.29 is 4.79 Å². The molecule has 4 nitrogen and oxygen atoms in total. The molecular formula is C13H25N3O. The average Bonchev–Trinajstić information content (AvgIpc) is 2.21. The van der Waals surface area contributed by atoms with E-state index in [9.17, 15) is 4.79 Å². The fourth-order valence-corrected chi connectivity index (χ4v) is 1.46. The molecule has 0 radical (unpaired) electrons. The van der Waals surface area contributed by atoms with Crippen molar-refractivity contribution in [3.05, 3.63) is 23.2 Å². The molecule has 0 heterocycles. The maximum absolute atomic E-state index is 11.1. The number of amides is 1. The highest BCUT2D eigenvalue weighted by atomic mass is 16.1. The van der Waals surface area contributed by atoms with Gasteiger partial charge in [0, 0.05) is 23.4 Å². The zero-order valence-corrected chi connectivity index (χ0v) is 11.6. The minimum Gasteiger partial charge on any atom is -0.401 e. The Balaban J connectivity index is 5.43. The smallest absolute Gasteiger partial charge is 0.213 e. The van der Waals surface area contributed by atoms with Crippen molar-refractivity contribution in [2.24, 2.45) is 16.9 Å². The van der Waals surface area contributed by atoms with Crippen LogP contribution in [0.4, 0.5) is 0 Å². The third-order valence-electron chi connectivity index (χ3n) is 2.42. The lowest BCUT2D eigenvalue weighted by atomic mass is 9.90. The Morgan fingerprint density at radius 2 is 1.82 bits per heavy atom. The molecule has 4 heteroatoms. The zero-order chi connectivity index (χ0) is 13.6. The Labute approximate surface area is 104 Å². The van der Waals surface area contributed by atoms with Gasteiger partial charge in [0.25, 0.3) is 0 Å². The molecule has 0 atom stereocenters. The standard InChI is InChI=1S/C13H25N3O/c1-6-7-16(9-17)12(13(3,4)5)8-11(15)10(2)14/h8-9H,6-7,14-15H2,1-5H3/b11-10-,12-8-. The van der Waals surface area contributed by atoms with E-state index in [4.69, 9.17) is 11.5 Å². The van der Waals surface area contributed by atoms with Crippen LogP contribution in [0.1, 0.15) is 41.0 Å². The molecule has 4 N–H and O–H groups in total. The molecule has 0 aliphatic rings. The predicted molar refractivity (Wildman–Crippen MR) is 71.7 cm³/mol. The van der Waals surface area contributed by atoms with E-state index in [0.717, 1.165) is 18.5 Å². The Bertz CT molecular complexity index is 320. The van der Waals surface area contributed by atoms with Gasteiger partial charge in [-0.05, 0) is 19.4 Å². The van der Waals surface area contributed by atoms with Gasteiger partial charge in [-0.15, -0.1) is 0 Å². The van der Waals surface area contributed by atoms with E-state index in [2.05, 4.69) is 0 Å². The Hall–Kier alpha value is -1.45. The number of nitrogens with zero attached hydrogens (tertiary/aromatic N) is 1. The lowest BCUT2D eigenvalue weighted by Gasteiger charge is -2.31. The molecule has 17 heavy (non-hydrogen) atoms. The molecule has 0 saturated heterocycles. The zero-order valence-electron chi connectivity index (χ0n) is 11.6. The van der Waals surface area contributed by atoms with Gasteiger partial charge in [0.2, 0.25) is 6.41 Å². The average molecular weight is 239 g/mol. The second-order valence-electron chi connectivity index (χ2n) is 5.22. The monoisotopic (exact) mass is 239 g/mol. The van der Waals surface area contributed by atoms with E-state index in [0.29, 0.717) is 17.9 Å². The first-order valence-electron chi connectivity index (χ1n) is 5.90. The largest absolute Gasteiger partial charge is 0.401 e. The highest BCUT2D eigenvalue weighted by Crippen LogP contribution is 2.28. The van der Waals surface area contributed by atoms with E-state index >= 15 is 0 Å². The highest BCUT2D eigenvalue weighted by Gasteiger charge is 2.22. The number of hydrogen-bond donors (Lipinski definition) is 2. The van der Waals surface area contributed by atoms with Crippen molar-refractivity contribution >= 4 is 6.41 Å². The van der Waals surface area contributed by atoms with Crippen LogP contribution < -0.4 is 11.5 Å². The highest BCUT2D eigenvalue weighted by molar-refractivity contribution is 5.52. The van der Waals surface area contributed by atoms with E-state index in [1.807, 2.05) is 27.7 Å². The van der Waals surface area contributed by atoms with Gasteiger partial charge in [-0.3, -0.25) is 4.79 Å². The number of carbonyl (C=O) groups excluding carboxylic acids is 1. The fourth-order valence-electron chi connectivity index (χ4n) is 1.46. The summed E-state index contributed by atoms with van der Waals surface area (Å²) in [7, 11) is 0. The van der Waals surface area contributed by atoms with Crippen LogP contribution >= 0.6 is 0 Å². The number of hydrogen-bond acceptors (Lipinski definition) is 3. The molecule has 0 bridgehead atoms. The maximum atomic E-state index is 11.1. The lowest BCUT2D eigenvalue weighted by molar-refractivity contribution is -0.117. The summed E-state index contributed by atoms with van der Waals surface area (Å²) < 4.78 is 0. The van der Waals surface area contributed by atoms with Crippen LogP contribution in [-0.2, 0) is 4.79 Å². The van der Waals surface area contributed by atoms with Crippen molar-refractivity contribution in [1.29, 1.82) is 0 Å². The summed E-state index contributed by atoms with van der Waals surface area (Å²) in [6, 6.07) is 0. The molecular weight excluding hydrogens is 214 g/mol. The normalized spacial score (nSPS) is 14.3. The van der Waals surface area contributed by atoms with Gasteiger partial charge in [-0.25, -0.2) is 0 Å². The van der Waals surface area contributed by atoms with Crippen LogP contribution in [0.25, 0.3) is 0 Å². The van der Waals surface area contributed by atoms with Gasteiger partial charge in [0.1, 0.15) is 0 Å². The van der Waals surface area contributed by atoms with Crippen LogP contribution in [0.2, 0.25) is 0 Å². The van der Waals surface area contributed by atoms with Gasteiger partial charge in [0.15, 0.2) is 0 Å². The summed E-state index contributed by atoms with van der Waals surface area (Å²) in [5.41, 5.74) is 13.3. The third kappa shape index (κ3) is 4.93. The van der Waals surface area contributed by atoms with Gasteiger partial charge in [-0.2, -0.15) is 0 Å². The van der Waals surface area contributed by atoms with Gasteiger partial charge in [-0.1, -0.05) is 27.7 Å². The molecule has 98 valence electrons. The molecule has 1 amide bonds. The number of allylic oxidation sites excluding steroid dienone is 3. The minimum absolute atomic E-state index is 0.157. The first kappa shape index (κ1) is 15.6. The molecule has 0 fully saturated rings. The summed E-state index contributed by atoms with van der Waals surface area (Å²) in [5.74, 6) is 0. The van der Waals surface area contributed by atoms with Gasteiger partial charge in [0.05, 0.1) is 5.70 Å². The quantitative estimate of drug-likeness (QED) is 0.569. The third-order valence-corrected chi connectivity index (χ3v) is 2.42. The Kier molecular flexibility index (Phi) is 5.79. The summed E-state index contributed by atoms with van der Waals surface area (Å²) in [6.45, 7) is 10.6.